The van der Waals surface area contributed by atoms with E-state index in [1.807, 2.05) is 0 Å². The minimum atomic E-state index is 0.776. The summed E-state index contributed by atoms with van der Waals surface area (Å²) in [6.07, 6.45) is 6.48. The van der Waals surface area contributed by atoms with Crippen LogP contribution in [0.2, 0.25) is 0 Å². The number of nitrogens with one attached hydrogen (secondary N) is 1. The molecule has 0 aromatic rings. The summed E-state index contributed by atoms with van der Waals surface area (Å²) in [5.74, 6) is 3.20. The Morgan fingerprint density at radius 3 is 2.05 bits per heavy atom. The minimum absolute atomic E-state index is 0.776. The molecule has 0 fully saturated rings. The predicted octanol–water partition coefficient (Wildman–Crippen LogP) is 4.05. The molecule has 0 bridgehead atoms. The number of nitrogens with two attached hydrogens (primary N) is 1. The van der Waals surface area contributed by atoms with E-state index in [2.05, 4.69) is 39.9 Å². The highest BCUT2D eigenvalue weighted by Gasteiger charge is 2.16. The third-order valence-corrected chi connectivity index (χ3v) is 4.33. The van der Waals surface area contributed by atoms with E-state index >= 15 is 0 Å². The van der Waals surface area contributed by atoms with Crippen molar-refractivity contribution < 1.29 is 0 Å². The summed E-state index contributed by atoms with van der Waals surface area (Å²) in [6.45, 7) is 14.8. The maximum atomic E-state index is 5.68. The molecule has 1 atom stereocenters. The van der Waals surface area contributed by atoms with Gasteiger partial charge < -0.3 is 11.1 Å². The molecule has 0 rings (SSSR count). The molecule has 0 spiro atoms. The second kappa shape index (κ2) is 11.7. The lowest BCUT2D eigenvalue weighted by Gasteiger charge is -2.25. The van der Waals surface area contributed by atoms with Gasteiger partial charge in [-0.15, -0.1) is 0 Å². The number of rotatable bonds is 12. The van der Waals surface area contributed by atoms with Crippen LogP contribution in [0.15, 0.2) is 0 Å². The monoisotopic (exact) mass is 270 g/mol. The van der Waals surface area contributed by atoms with Gasteiger partial charge in [0.1, 0.15) is 0 Å². The van der Waals surface area contributed by atoms with Crippen molar-refractivity contribution in [1.29, 1.82) is 0 Å². The maximum absolute atomic E-state index is 5.68. The Morgan fingerprint density at radius 1 is 0.947 bits per heavy atom. The first-order chi connectivity index (χ1) is 9.02. The van der Waals surface area contributed by atoms with Gasteiger partial charge in [0.2, 0.25) is 0 Å². The van der Waals surface area contributed by atoms with Gasteiger partial charge in [-0.1, -0.05) is 47.5 Å². The van der Waals surface area contributed by atoms with Crippen LogP contribution in [-0.4, -0.2) is 19.6 Å². The molecule has 3 N–H and O–H groups in total. The fourth-order valence-electron chi connectivity index (χ4n) is 3.10. The third-order valence-electron chi connectivity index (χ3n) is 4.33. The van der Waals surface area contributed by atoms with E-state index < -0.39 is 0 Å². The molecule has 0 aromatic heterocycles. The molecular formula is C17H38N2. The summed E-state index contributed by atoms with van der Waals surface area (Å²) < 4.78 is 0. The summed E-state index contributed by atoms with van der Waals surface area (Å²) in [4.78, 5) is 0. The van der Waals surface area contributed by atoms with Crippen LogP contribution < -0.4 is 11.1 Å². The van der Waals surface area contributed by atoms with Crippen LogP contribution in [0.3, 0.4) is 0 Å². The molecule has 0 heterocycles. The van der Waals surface area contributed by atoms with Crippen molar-refractivity contribution in [2.75, 3.05) is 19.6 Å². The molecule has 0 radical (unpaired) electrons. The van der Waals surface area contributed by atoms with Crippen LogP contribution in [0.25, 0.3) is 0 Å². The largest absolute Gasteiger partial charge is 0.330 e. The molecule has 0 amide bonds. The normalized spacial score (nSPS) is 13.7. The van der Waals surface area contributed by atoms with E-state index in [0.717, 1.165) is 30.2 Å². The topological polar surface area (TPSA) is 38.0 Å². The standard InChI is InChI=1S/C17H38N2/c1-6-8-16(10-11-18)9-7-12-19-13-17(14(2)3)15(4)5/h14-17,19H,6-13,18H2,1-5H3. The minimum Gasteiger partial charge on any atom is -0.330 e. The van der Waals surface area contributed by atoms with Crippen LogP contribution >= 0.6 is 0 Å². The Hall–Kier alpha value is -0.0800. The van der Waals surface area contributed by atoms with Gasteiger partial charge in [-0.25, -0.2) is 0 Å². The second-order valence-electron chi connectivity index (χ2n) is 6.73. The molecule has 1 unspecified atom stereocenters. The molecule has 2 heteroatoms. The lowest BCUT2D eigenvalue weighted by molar-refractivity contribution is 0.274. The van der Waals surface area contributed by atoms with Crippen LogP contribution in [0, 0.1) is 23.7 Å². The lowest BCUT2D eigenvalue weighted by Crippen LogP contribution is -2.30. The first-order valence-electron chi connectivity index (χ1n) is 8.43. The zero-order chi connectivity index (χ0) is 14.7. The van der Waals surface area contributed by atoms with Gasteiger partial charge in [0.05, 0.1) is 0 Å². The van der Waals surface area contributed by atoms with Crippen molar-refractivity contribution in [3.05, 3.63) is 0 Å². The lowest BCUT2D eigenvalue weighted by atomic mass is 9.85. The van der Waals surface area contributed by atoms with Gasteiger partial charge in [-0.2, -0.15) is 0 Å². The summed E-state index contributed by atoms with van der Waals surface area (Å²) in [5, 5.41) is 3.66. The maximum Gasteiger partial charge on any atom is -0.00156 e. The van der Waals surface area contributed by atoms with Gasteiger partial charge in [0, 0.05) is 0 Å². The van der Waals surface area contributed by atoms with Gasteiger partial charge in [0.25, 0.3) is 0 Å². The highest BCUT2D eigenvalue weighted by molar-refractivity contribution is 4.69. The Morgan fingerprint density at radius 2 is 1.58 bits per heavy atom. The van der Waals surface area contributed by atoms with Crippen molar-refractivity contribution in [2.45, 2.75) is 66.7 Å². The summed E-state index contributed by atoms with van der Waals surface area (Å²) >= 11 is 0. The first-order valence-corrected chi connectivity index (χ1v) is 8.43. The summed E-state index contributed by atoms with van der Waals surface area (Å²) in [6, 6.07) is 0. The van der Waals surface area contributed by atoms with Crippen molar-refractivity contribution in [3.63, 3.8) is 0 Å². The average Bonchev–Trinajstić information content (AvgIpc) is 2.32. The van der Waals surface area contributed by atoms with Crippen molar-refractivity contribution in [1.82, 2.24) is 5.32 Å². The van der Waals surface area contributed by atoms with Crippen LogP contribution in [0.1, 0.15) is 66.7 Å². The summed E-state index contributed by atoms with van der Waals surface area (Å²) in [7, 11) is 0. The number of hydrogen-bond acceptors (Lipinski definition) is 2. The second-order valence-corrected chi connectivity index (χ2v) is 6.73. The fourth-order valence-corrected chi connectivity index (χ4v) is 3.10. The number of hydrogen-bond donors (Lipinski definition) is 2. The smallest absolute Gasteiger partial charge is 0.00156 e. The molecule has 0 aliphatic carbocycles. The Balaban J connectivity index is 3.72. The fraction of sp³-hybridized carbons (Fsp3) is 1.00. The molecule has 0 aliphatic heterocycles. The molecule has 116 valence electrons. The highest BCUT2D eigenvalue weighted by Crippen LogP contribution is 2.20. The van der Waals surface area contributed by atoms with Crippen LogP contribution in [0.4, 0.5) is 0 Å². The van der Waals surface area contributed by atoms with Crippen LogP contribution in [-0.2, 0) is 0 Å². The van der Waals surface area contributed by atoms with E-state index in [1.165, 1.54) is 45.2 Å². The Kier molecular flexibility index (Phi) is 11.7. The molecule has 0 aromatic carbocycles. The quantitative estimate of drug-likeness (QED) is 0.525. The van der Waals surface area contributed by atoms with E-state index in [0.29, 0.717) is 0 Å². The van der Waals surface area contributed by atoms with Gasteiger partial charge in [0.15, 0.2) is 0 Å². The van der Waals surface area contributed by atoms with Crippen molar-refractivity contribution in [3.8, 4) is 0 Å². The molecule has 0 saturated carbocycles. The Bertz CT molecular complexity index is 176. The van der Waals surface area contributed by atoms with Gasteiger partial charge in [-0.05, 0) is 62.6 Å². The van der Waals surface area contributed by atoms with E-state index in [1.54, 1.807) is 0 Å². The Labute approximate surface area is 121 Å². The van der Waals surface area contributed by atoms with E-state index in [9.17, 15) is 0 Å². The van der Waals surface area contributed by atoms with E-state index in [4.69, 9.17) is 5.73 Å². The highest BCUT2D eigenvalue weighted by atomic mass is 14.9. The molecular weight excluding hydrogens is 232 g/mol. The van der Waals surface area contributed by atoms with Crippen molar-refractivity contribution >= 4 is 0 Å². The predicted molar refractivity (Wildman–Crippen MR) is 87.3 cm³/mol. The SMILES string of the molecule is CCCC(CCN)CCCNCC(C(C)C)C(C)C. The van der Waals surface area contributed by atoms with Gasteiger partial charge in [-0.3, -0.25) is 0 Å². The van der Waals surface area contributed by atoms with Gasteiger partial charge >= 0.3 is 0 Å². The molecule has 0 saturated heterocycles. The molecule has 19 heavy (non-hydrogen) atoms. The molecule has 0 aliphatic rings. The van der Waals surface area contributed by atoms with Crippen molar-refractivity contribution in [2.24, 2.45) is 29.4 Å². The molecule has 2 nitrogen and oxygen atoms in total. The third kappa shape index (κ3) is 9.45. The zero-order valence-corrected chi connectivity index (χ0v) is 14.0. The first kappa shape index (κ1) is 18.9. The summed E-state index contributed by atoms with van der Waals surface area (Å²) in [5.41, 5.74) is 5.68. The van der Waals surface area contributed by atoms with Crippen LogP contribution in [0.5, 0.6) is 0 Å². The average molecular weight is 271 g/mol. The van der Waals surface area contributed by atoms with E-state index in [-0.39, 0.29) is 0 Å². The zero-order valence-electron chi connectivity index (χ0n) is 14.0.